The first-order valence-electron chi connectivity index (χ1n) is 7.04. The molecule has 0 aliphatic heterocycles. The Bertz CT molecular complexity index is 403. The van der Waals surface area contributed by atoms with Crippen LogP contribution in [0.15, 0.2) is 18.3 Å². The molecule has 0 aliphatic carbocycles. The van der Waals surface area contributed by atoms with E-state index in [4.69, 9.17) is 4.74 Å². The Kier molecular flexibility index (Phi) is 6.30. The van der Waals surface area contributed by atoms with Gasteiger partial charge in [-0.3, -0.25) is 0 Å². The highest BCUT2D eigenvalue weighted by molar-refractivity contribution is 7.90. The lowest BCUT2D eigenvalue weighted by Crippen LogP contribution is -2.40. The molecule has 0 aromatic carbocycles. The number of hydrogen-bond acceptors (Lipinski definition) is 4. The molecular weight excluding hydrogens is 272 g/mol. The second-order valence-corrected chi connectivity index (χ2v) is 7.99. The third-order valence-corrected chi connectivity index (χ3v) is 4.68. The Hall–Kier alpha value is -0.780. The largest absolute Gasteiger partial charge is 0.598 e. The van der Waals surface area contributed by atoms with Gasteiger partial charge in [0.2, 0.25) is 5.88 Å². The molecule has 2 unspecified atom stereocenters. The summed E-state index contributed by atoms with van der Waals surface area (Å²) in [5.41, 5.74) is 0.999. The van der Waals surface area contributed by atoms with E-state index >= 15 is 0 Å². The Morgan fingerprint density at radius 3 is 2.45 bits per heavy atom. The molecule has 1 heterocycles. The summed E-state index contributed by atoms with van der Waals surface area (Å²) >= 11 is -1.09. The number of ether oxygens (including phenoxy) is 1. The first kappa shape index (κ1) is 17.3. The fourth-order valence-electron chi connectivity index (χ4n) is 1.41. The summed E-state index contributed by atoms with van der Waals surface area (Å²) < 4.78 is 20.5. The quantitative estimate of drug-likeness (QED) is 0.818. The lowest BCUT2D eigenvalue weighted by Gasteiger charge is -2.26. The minimum atomic E-state index is -1.09. The van der Waals surface area contributed by atoms with Crippen LogP contribution >= 0.6 is 0 Å². The van der Waals surface area contributed by atoms with Crippen LogP contribution < -0.4 is 9.46 Å². The van der Waals surface area contributed by atoms with Crippen molar-refractivity contribution in [3.05, 3.63) is 23.9 Å². The van der Waals surface area contributed by atoms with Crippen molar-refractivity contribution >= 4 is 11.4 Å². The Balaban J connectivity index is 2.64. The van der Waals surface area contributed by atoms with Crippen LogP contribution in [-0.4, -0.2) is 20.4 Å². The molecule has 0 bridgehead atoms. The van der Waals surface area contributed by atoms with Crippen LogP contribution in [0.3, 0.4) is 0 Å². The van der Waals surface area contributed by atoms with Crippen LogP contribution in [0, 0.1) is 0 Å². The molecule has 0 spiro atoms. The Morgan fingerprint density at radius 1 is 1.35 bits per heavy atom. The second-order valence-electron chi connectivity index (χ2n) is 5.99. The molecule has 3 atom stereocenters. The summed E-state index contributed by atoms with van der Waals surface area (Å²) in [5, 5.41) is 0. The minimum absolute atomic E-state index is 0.0137. The average molecular weight is 298 g/mol. The first-order valence-corrected chi connectivity index (χ1v) is 8.19. The molecule has 0 aliphatic rings. The lowest BCUT2D eigenvalue weighted by molar-refractivity contribution is 0.208. The van der Waals surface area contributed by atoms with Gasteiger partial charge in [-0.05, 0) is 46.6 Å². The normalized spacial score (nSPS) is 16.6. The van der Waals surface area contributed by atoms with Crippen LogP contribution in [0.1, 0.15) is 59.6 Å². The Morgan fingerprint density at radius 2 is 2.00 bits per heavy atom. The molecule has 0 amide bonds. The SMILES string of the molecule is CCC(C)Oc1ccc([C@H](C)N[S+]([O-])C(C)(C)C)cn1. The number of pyridine rings is 1. The van der Waals surface area contributed by atoms with E-state index in [1.54, 1.807) is 6.20 Å². The van der Waals surface area contributed by atoms with Crippen molar-refractivity contribution in [1.29, 1.82) is 0 Å². The number of hydrogen-bond donors (Lipinski definition) is 1. The third-order valence-electron chi connectivity index (χ3n) is 3.00. The van der Waals surface area contributed by atoms with Gasteiger partial charge >= 0.3 is 0 Å². The summed E-state index contributed by atoms with van der Waals surface area (Å²) in [5.74, 6) is 0.632. The van der Waals surface area contributed by atoms with Crippen molar-refractivity contribution in [2.75, 3.05) is 0 Å². The van der Waals surface area contributed by atoms with E-state index in [9.17, 15) is 4.55 Å². The maximum Gasteiger partial charge on any atom is 0.213 e. The molecule has 0 saturated carbocycles. The molecule has 1 aromatic heterocycles. The molecule has 4 nitrogen and oxygen atoms in total. The third kappa shape index (κ3) is 5.31. The van der Waals surface area contributed by atoms with Crippen LogP contribution in [0.5, 0.6) is 5.88 Å². The highest BCUT2D eigenvalue weighted by Gasteiger charge is 2.28. The zero-order chi connectivity index (χ0) is 15.3. The summed E-state index contributed by atoms with van der Waals surface area (Å²) in [7, 11) is 0. The Labute approximate surface area is 125 Å². The zero-order valence-electron chi connectivity index (χ0n) is 13.3. The van der Waals surface area contributed by atoms with Crippen LogP contribution in [-0.2, 0) is 11.4 Å². The van der Waals surface area contributed by atoms with Gasteiger partial charge in [-0.2, -0.15) is 0 Å². The minimum Gasteiger partial charge on any atom is -0.598 e. The van der Waals surface area contributed by atoms with Crippen LogP contribution in [0.4, 0.5) is 0 Å². The van der Waals surface area contributed by atoms with Crippen molar-refractivity contribution in [3.63, 3.8) is 0 Å². The number of rotatable bonds is 6. The van der Waals surface area contributed by atoms with Gasteiger partial charge in [0.15, 0.2) is 0 Å². The molecule has 5 heteroatoms. The highest BCUT2D eigenvalue weighted by Crippen LogP contribution is 2.20. The molecule has 0 radical (unpaired) electrons. The smallest absolute Gasteiger partial charge is 0.213 e. The standard InChI is InChI=1S/C15H26N2O2S/c1-7-11(2)19-14-9-8-13(10-16-14)12(3)17-20(18)15(4,5)6/h8-12,17H,7H2,1-6H3/t11?,12-,20?/m0/s1. The monoisotopic (exact) mass is 298 g/mol. The molecule has 1 rings (SSSR count). The van der Waals surface area contributed by atoms with Crippen molar-refractivity contribution < 1.29 is 9.29 Å². The van der Waals surface area contributed by atoms with E-state index in [2.05, 4.69) is 16.6 Å². The number of aromatic nitrogens is 1. The van der Waals surface area contributed by atoms with E-state index in [1.165, 1.54) is 0 Å². The molecule has 0 saturated heterocycles. The molecule has 114 valence electrons. The van der Waals surface area contributed by atoms with E-state index in [-0.39, 0.29) is 16.9 Å². The van der Waals surface area contributed by atoms with Gasteiger partial charge in [-0.25, -0.2) is 4.98 Å². The van der Waals surface area contributed by atoms with Gasteiger partial charge < -0.3 is 9.29 Å². The lowest BCUT2D eigenvalue weighted by atomic mass is 10.2. The average Bonchev–Trinajstić information content (AvgIpc) is 2.38. The van der Waals surface area contributed by atoms with Gasteiger partial charge in [0, 0.05) is 23.6 Å². The number of nitrogens with zero attached hydrogens (tertiary/aromatic N) is 1. The summed E-state index contributed by atoms with van der Waals surface area (Å²) in [6.07, 6.45) is 2.89. The van der Waals surface area contributed by atoms with Crippen molar-refractivity contribution in [2.24, 2.45) is 0 Å². The van der Waals surface area contributed by atoms with Crippen LogP contribution in [0.2, 0.25) is 0 Å². The van der Waals surface area contributed by atoms with E-state index in [0.717, 1.165) is 12.0 Å². The van der Waals surface area contributed by atoms with E-state index < -0.39 is 11.4 Å². The fraction of sp³-hybridized carbons (Fsp3) is 0.667. The molecule has 20 heavy (non-hydrogen) atoms. The summed E-state index contributed by atoms with van der Waals surface area (Å²) in [6.45, 7) is 11.9. The maximum absolute atomic E-state index is 12.1. The van der Waals surface area contributed by atoms with Gasteiger partial charge in [-0.15, -0.1) is 4.72 Å². The van der Waals surface area contributed by atoms with Gasteiger partial charge in [-0.1, -0.05) is 13.0 Å². The highest BCUT2D eigenvalue weighted by atomic mass is 32.2. The van der Waals surface area contributed by atoms with Gasteiger partial charge in [0.25, 0.3) is 0 Å². The predicted molar refractivity (Wildman–Crippen MR) is 84.1 cm³/mol. The topological polar surface area (TPSA) is 57.2 Å². The van der Waals surface area contributed by atoms with E-state index in [1.807, 2.05) is 46.8 Å². The number of nitrogens with one attached hydrogen (secondary N) is 1. The fourth-order valence-corrected chi connectivity index (χ4v) is 2.22. The molecular formula is C15H26N2O2S. The first-order chi connectivity index (χ1) is 9.24. The summed E-state index contributed by atoms with van der Waals surface area (Å²) in [4.78, 5) is 4.30. The maximum atomic E-state index is 12.1. The molecule has 1 aromatic rings. The zero-order valence-corrected chi connectivity index (χ0v) is 14.1. The van der Waals surface area contributed by atoms with E-state index in [0.29, 0.717) is 5.88 Å². The van der Waals surface area contributed by atoms with Crippen molar-refractivity contribution in [1.82, 2.24) is 9.71 Å². The second kappa shape index (κ2) is 7.29. The predicted octanol–water partition coefficient (Wildman–Crippen LogP) is 3.37. The summed E-state index contributed by atoms with van der Waals surface area (Å²) in [6, 6.07) is 3.81. The van der Waals surface area contributed by atoms with Crippen molar-refractivity contribution in [3.8, 4) is 5.88 Å². The molecule has 1 N–H and O–H groups in total. The molecule has 0 fully saturated rings. The van der Waals surface area contributed by atoms with Gasteiger partial charge in [0.1, 0.15) is 4.75 Å². The van der Waals surface area contributed by atoms with Crippen LogP contribution in [0.25, 0.3) is 0 Å². The van der Waals surface area contributed by atoms with Crippen molar-refractivity contribution in [2.45, 2.75) is 64.9 Å². The van der Waals surface area contributed by atoms with Gasteiger partial charge in [0.05, 0.1) is 12.1 Å².